The Balaban J connectivity index is 2.86. The van der Waals surface area contributed by atoms with Gasteiger partial charge in [0.05, 0.1) is 0 Å². The highest BCUT2D eigenvalue weighted by atomic mass is 31.1. The number of hydrogen-bond donors (Lipinski definition) is 2. The molecule has 1 aliphatic rings. The number of aliphatic hydroxyl groups is 2. The Morgan fingerprint density at radius 2 is 0.827 bits per heavy atom. The largest absolute Gasteiger partial charge is 0.425 e. The summed E-state index contributed by atoms with van der Waals surface area (Å²) in [6.07, 6.45) is 25.1. The van der Waals surface area contributed by atoms with Gasteiger partial charge in [-0.25, -0.2) is 27.8 Å². The summed E-state index contributed by atoms with van der Waals surface area (Å²) in [5.41, 5.74) is -3.68. The molecule has 0 spiro atoms. The number of cyclic esters (lactones) is 2. The fraction of sp³-hybridized carbons (Fsp3) is 0.895. The first-order chi connectivity index (χ1) is 24.9. The standard InChI is InChI=1S/C38H66O12P2/c1-3-5-7-9-11-13-15-17-19-21-23-25-27-29-32(40)37(44,33(41)30-28-26-24-22-20-18-16-14-12-10-8-6-4-2)38(52(47)48)35(43)49-36(31-39,51(45)46)34(42)50-38/h39,44H,3-31H2,1-2H3. The molecule has 14 heteroatoms. The van der Waals surface area contributed by atoms with Gasteiger partial charge in [0, 0.05) is 12.8 Å². The number of unbranched alkanes of at least 4 members (excludes halogenated alkanes) is 24. The van der Waals surface area contributed by atoms with Gasteiger partial charge in [0.15, 0.2) is 11.6 Å². The van der Waals surface area contributed by atoms with Crippen molar-refractivity contribution in [2.75, 3.05) is 6.61 Å². The lowest BCUT2D eigenvalue weighted by Gasteiger charge is -2.42. The Hall–Kier alpha value is -2.00. The van der Waals surface area contributed by atoms with Crippen LogP contribution in [-0.2, 0) is 46.9 Å². The van der Waals surface area contributed by atoms with Crippen LogP contribution in [0.1, 0.15) is 194 Å². The summed E-state index contributed by atoms with van der Waals surface area (Å²) in [6, 6.07) is 0. The maximum absolute atomic E-state index is 13.7. The maximum Gasteiger partial charge on any atom is 0.376 e. The topological polar surface area (TPSA) is 195 Å². The molecule has 2 unspecified atom stereocenters. The first-order valence-electron chi connectivity index (χ1n) is 20.1. The van der Waals surface area contributed by atoms with Gasteiger partial charge in [0.1, 0.15) is 6.61 Å². The van der Waals surface area contributed by atoms with Crippen molar-refractivity contribution in [3.63, 3.8) is 0 Å². The summed E-state index contributed by atoms with van der Waals surface area (Å²) in [5.74, 6) is -6.87. The van der Waals surface area contributed by atoms with E-state index in [4.69, 9.17) is 4.74 Å². The highest BCUT2D eigenvalue weighted by Gasteiger charge is 2.77. The average Bonchev–Trinajstić information content (AvgIpc) is 3.12. The second-order valence-electron chi connectivity index (χ2n) is 14.4. The zero-order valence-electron chi connectivity index (χ0n) is 31.9. The van der Waals surface area contributed by atoms with Crippen molar-refractivity contribution in [3.05, 3.63) is 0 Å². The van der Waals surface area contributed by atoms with Gasteiger partial charge in [-0.15, -0.1) is 0 Å². The van der Waals surface area contributed by atoms with Gasteiger partial charge in [-0.1, -0.05) is 168 Å². The minimum absolute atomic E-state index is 0.159. The lowest BCUT2D eigenvalue weighted by Crippen LogP contribution is -2.72. The summed E-state index contributed by atoms with van der Waals surface area (Å²) >= 11 is 0. The molecule has 1 fully saturated rings. The molecule has 0 saturated carbocycles. The third-order valence-corrected chi connectivity index (χ3v) is 12.3. The Morgan fingerprint density at radius 3 is 1.10 bits per heavy atom. The Morgan fingerprint density at radius 1 is 0.519 bits per heavy atom. The number of carbonyl (C=O) groups is 4. The van der Waals surface area contributed by atoms with Gasteiger partial charge in [0.2, 0.25) is 5.60 Å². The number of hydrogen-bond acceptors (Lipinski definition) is 12. The number of aliphatic hydroxyl groups excluding tert-OH is 1. The molecule has 1 rings (SSSR count). The molecule has 2 N–H and O–H groups in total. The van der Waals surface area contributed by atoms with Crippen LogP contribution in [0.2, 0.25) is 0 Å². The molecule has 0 aromatic heterocycles. The van der Waals surface area contributed by atoms with E-state index in [-0.39, 0.29) is 12.8 Å². The highest BCUT2D eigenvalue weighted by molar-refractivity contribution is 7.35. The summed E-state index contributed by atoms with van der Waals surface area (Å²) in [4.78, 5) is 53.5. The van der Waals surface area contributed by atoms with E-state index in [1.165, 1.54) is 77.0 Å². The highest BCUT2D eigenvalue weighted by Crippen LogP contribution is 2.51. The monoisotopic (exact) mass is 776 g/mol. The minimum atomic E-state index is -4.45. The molecule has 0 aromatic carbocycles. The van der Waals surface area contributed by atoms with Gasteiger partial charge >= 0.3 is 38.0 Å². The van der Waals surface area contributed by atoms with E-state index in [0.29, 0.717) is 12.8 Å². The fourth-order valence-electron chi connectivity index (χ4n) is 6.75. The second kappa shape index (κ2) is 26.7. The molecule has 52 heavy (non-hydrogen) atoms. The van der Waals surface area contributed by atoms with Gasteiger partial charge in [0.25, 0.3) is 0 Å². The molecule has 0 amide bonds. The smallest absolute Gasteiger partial charge is 0.376 e. The fourth-order valence-corrected chi connectivity index (χ4v) is 8.09. The molecule has 1 aliphatic heterocycles. The first-order valence-corrected chi connectivity index (χ1v) is 22.4. The van der Waals surface area contributed by atoms with Crippen molar-refractivity contribution in [1.82, 2.24) is 0 Å². The van der Waals surface area contributed by atoms with E-state index in [1.807, 2.05) is 0 Å². The molecule has 0 radical (unpaired) electrons. The molecule has 0 aromatic rings. The zero-order chi connectivity index (χ0) is 38.9. The maximum atomic E-state index is 13.7. The third kappa shape index (κ3) is 14.3. The van der Waals surface area contributed by atoms with Crippen molar-refractivity contribution in [2.24, 2.45) is 0 Å². The van der Waals surface area contributed by atoms with Crippen LogP contribution in [0.4, 0.5) is 0 Å². The normalized spacial score (nSPS) is 18.9. The van der Waals surface area contributed by atoms with E-state index in [0.717, 1.165) is 64.2 Å². The zero-order valence-corrected chi connectivity index (χ0v) is 33.7. The summed E-state index contributed by atoms with van der Waals surface area (Å²) in [5, 5.41) is 14.2. The van der Waals surface area contributed by atoms with Crippen LogP contribution < -0.4 is 0 Å². The van der Waals surface area contributed by atoms with Crippen LogP contribution in [0.5, 0.6) is 0 Å². The average molecular weight is 777 g/mol. The van der Waals surface area contributed by atoms with Crippen LogP contribution in [0.25, 0.3) is 0 Å². The summed E-state index contributed by atoms with van der Waals surface area (Å²) < 4.78 is 58.5. The molecular weight excluding hydrogens is 710 g/mol. The van der Waals surface area contributed by atoms with Crippen molar-refractivity contribution in [1.29, 1.82) is 0 Å². The number of ketones is 2. The van der Waals surface area contributed by atoms with Crippen LogP contribution in [-0.4, -0.2) is 56.6 Å². The Labute approximate surface area is 312 Å². The number of esters is 2. The molecule has 2 atom stereocenters. The molecule has 1 saturated heterocycles. The van der Waals surface area contributed by atoms with E-state index >= 15 is 0 Å². The van der Waals surface area contributed by atoms with Crippen molar-refractivity contribution in [3.8, 4) is 0 Å². The van der Waals surface area contributed by atoms with Crippen LogP contribution in [0.3, 0.4) is 0 Å². The Kier molecular flexibility index (Phi) is 24.7. The van der Waals surface area contributed by atoms with Crippen LogP contribution in [0.15, 0.2) is 0 Å². The van der Waals surface area contributed by atoms with E-state index in [1.54, 1.807) is 0 Å². The second-order valence-corrected chi connectivity index (χ2v) is 16.8. The van der Waals surface area contributed by atoms with E-state index < -0.39 is 74.6 Å². The number of rotatable bonds is 34. The molecule has 1 heterocycles. The van der Waals surface area contributed by atoms with Crippen LogP contribution in [0, 0.1) is 0 Å². The number of carbonyl (C=O) groups excluding carboxylic acids is 4. The summed E-state index contributed by atoms with van der Waals surface area (Å²) in [6.45, 7) is 2.77. The number of Topliss-reactive ketones (excluding diaryl/α,β-unsaturated/α-hetero) is 2. The van der Waals surface area contributed by atoms with Crippen LogP contribution >= 0.6 is 15.4 Å². The molecule has 12 nitrogen and oxygen atoms in total. The minimum Gasteiger partial charge on any atom is -0.425 e. The predicted octanol–water partition coefficient (Wildman–Crippen LogP) is 9.65. The number of ether oxygens (including phenoxy) is 2. The Bertz CT molecular complexity index is 1170. The van der Waals surface area contributed by atoms with Crippen molar-refractivity contribution in [2.45, 2.75) is 210 Å². The lowest BCUT2D eigenvalue weighted by atomic mass is 9.81. The first kappa shape index (κ1) is 48.0. The van der Waals surface area contributed by atoms with Crippen molar-refractivity contribution < 1.29 is 57.1 Å². The molecule has 0 aliphatic carbocycles. The quantitative estimate of drug-likeness (QED) is 0.0272. The van der Waals surface area contributed by atoms with Gasteiger partial charge in [-0.2, -0.15) is 0 Å². The lowest BCUT2D eigenvalue weighted by molar-refractivity contribution is -0.227. The van der Waals surface area contributed by atoms with E-state index in [2.05, 4.69) is 18.6 Å². The van der Waals surface area contributed by atoms with Crippen molar-refractivity contribution >= 4 is 38.9 Å². The SMILES string of the molecule is CCCCCCCCCCCCCCCC(=O)C(O)(C(=O)CCCCCCCCCCCCCCC)C1(P(=O)=O)OC(=O)C(CO)(P(=O)=O)OC1=O. The molecule has 300 valence electrons. The van der Waals surface area contributed by atoms with Gasteiger partial charge < -0.3 is 19.7 Å². The third-order valence-electron chi connectivity index (χ3n) is 10.2. The molecule has 0 bridgehead atoms. The van der Waals surface area contributed by atoms with Gasteiger partial charge in [-0.3, -0.25) is 9.59 Å². The molecular formula is C38H66O12P2. The predicted molar refractivity (Wildman–Crippen MR) is 197 cm³/mol. The van der Waals surface area contributed by atoms with E-state index in [9.17, 15) is 47.7 Å². The summed E-state index contributed by atoms with van der Waals surface area (Å²) in [7, 11) is -8.51. The van der Waals surface area contributed by atoms with Gasteiger partial charge in [-0.05, 0) is 12.8 Å².